The van der Waals surface area contributed by atoms with Crippen LogP contribution in [0.3, 0.4) is 0 Å². The topological polar surface area (TPSA) is 47.4 Å². The molecule has 2 heterocycles. The maximum atomic E-state index is 13.0. The van der Waals surface area contributed by atoms with Gasteiger partial charge in [0.1, 0.15) is 11.6 Å². The molecule has 1 unspecified atom stereocenters. The third kappa shape index (κ3) is 6.45. The van der Waals surface area contributed by atoms with Crippen LogP contribution < -0.4 is 9.64 Å². The van der Waals surface area contributed by atoms with Crippen LogP contribution in [0.5, 0.6) is 5.75 Å². The number of para-hydroxylation sites is 2. The first-order chi connectivity index (χ1) is 17.2. The third-order valence-electron chi connectivity index (χ3n) is 7.27. The highest BCUT2D eigenvalue weighted by Crippen LogP contribution is 2.34. The van der Waals surface area contributed by atoms with Crippen LogP contribution in [0.1, 0.15) is 89.3 Å². The average Bonchev–Trinajstić information content (AvgIpc) is 3.45. The minimum absolute atomic E-state index is 0.101. The number of amides is 1. The molecule has 5 nitrogen and oxygen atoms in total. The fraction of sp³-hybridized carbons (Fsp3) is 0.533. The number of ether oxygens (including phenoxy) is 1. The summed E-state index contributed by atoms with van der Waals surface area (Å²) < 4.78 is 7.75. The van der Waals surface area contributed by atoms with Gasteiger partial charge >= 0.3 is 0 Å². The van der Waals surface area contributed by atoms with E-state index in [9.17, 15) is 4.79 Å². The minimum Gasteiger partial charge on any atom is -0.497 e. The van der Waals surface area contributed by atoms with Gasteiger partial charge in [-0.25, -0.2) is 4.98 Å². The molecule has 1 amide bonds. The number of unbranched alkanes of at least 4 members (excludes halogenated alkanes) is 9. The molecule has 0 saturated carbocycles. The predicted molar refractivity (Wildman–Crippen MR) is 144 cm³/mol. The largest absolute Gasteiger partial charge is 0.497 e. The Morgan fingerprint density at radius 1 is 0.914 bits per heavy atom. The van der Waals surface area contributed by atoms with Crippen LogP contribution in [0.4, 0.5) is 5.69 Å². The molecule has 4 rings (SSSR count). The zero-order valence-corrected chi connectivity index (χ0v) is 21.5. The molecule has 0 spiro atoms. The Bertz CT molecular complexity index is 1090. The van der Waals surface area contributed by atoms with E-state index in [0.29, 0.717) is 13.0 Å². The van der Waals surface area contributed by atoms with Crippen LogP contribution in [-0.4, -0.2) is 29.1 Å². The molecule has 0 bridgehead atoms. The summed E-state index contributed by atoms with van der Waals surface area (Å²) in [6.07, 6.45) is 13.8. The van der Waals surface area contributed by atoms with Crippen molar-refractivity contribution in [3.8, 4) is 5.75 Å². The lowest BCUT2D eigenvalue weighted by Crippen LogP contribution is -2.24. The molecule has 1 aliphatic heterocycles. The zero-order chi connectivity index (χ0) is 24.5. The summed E-state index contributed by atoms with van der Waals surface area (Å²) in [6, 6.07) is 16.2. The fourth-order valence-corrected chi connectivity index (χ4v) is 5.31. The van der Waals surface area contributed by atoms with Crippen molar-refractivity contribution in [1.82, 2.24) is 9.55 Å². The average molecular weight is 476 g/mol. The van der Waals surface area contributed by atoms with E-state index in [1.54, 1.807) is 7.11 Å². The number of aryl methyl sites for hydroxylation is 1. The first kappa shape index (κ1) is 25.3. The van der Waals surface area contributed by atoms with Crippen LogP contribution in [0.25, 0.3) is 11.0 Å². The molecule has 0 aliphatic carbocycles. The second kappa shape index (κ2) is 12.8. The summed E-state index contributed by atoms with van der Waals surface area (Å²) in [5, 5.41) is 0. The SMILES string of the molecule is CCCCCCCCCCCCn1c(C2CC(=O)N(c3cccc(OC)c3)C2)nc2ccccc21. The maximum absolute atomic E-state index is 13.0. The van der Waals surface area contributed by atoms with Crippen molar-refractivity contribution in [3.05, 3.63) is 54.4 Å². The van der Waals surface area contributed by atoms with E-state index in [4.69, 9.17) is 9.72 Å². The number of methoxy groups -OCH3 is 1. The van der Waals surface area contributed by atoms with Gasteiger partial charge in [-0.05, 0) is 30.7 Å². The van der Waals surface area contributed by atoms with Crippen LogP contribution in [0, 0.1) is 0 Å². The Balaban J connectivity index is 1.37. The Hall–Kier alpha value is -2.82. The molecule has 3 aromatic rings. The molecule has 0 radical (unpaired) electrons. The van der Waals surface area contributed by atoms with Crippen LogP contribution >= 0.6 is 0 Å². The Labute approximate surface area is 210 Å². The summed E-state index contributed by atoms with van der Waals surface area (Å²) in [5.74, 6) is 2.08. The maximum Gasteiger partial charge on any atom is 0.227 e. The predicted octanol–water partition coefficient (Wildman–Crippen LogP) is 7.49. The van der Waals surface area contributed by atoms with E-state index in [1.807, 2.05) is 35.2 Å². The van der Waals surface area contributed by atoms with E-state index < -0.39 is 0 Å². The summed E-state index contributed by atoms with van der Waals surface area (Å²) in [5.41, 5.74) is 3.11. The molecule has 2 aromatic carbocycles. The van der Waals surface area contributed by atoms with Crippen molar-refractivity contribution < 1.29 is 9.53 Å². The highest BCUT2D eigenvalue weighted by atomic mass is 16.5. The Morgan fingerprint density at radius 3 is 2.37 bits per heavy atom. The molecule has 1 atom stereocenters. The number of nitrogens with zero attached hydrogens (tertiary/aromatic N) is 3. The van der Waals surface area contributed by atoms with Gasteiger partial charge in [0.15, 0.2) is 0 Å². The molecule has 188 valence electrons. The first-order valence-electron chi connectivity index (χ1n) is 13.6. The van der Waals surface area contributed by atoms with Gasteiger partial charge in [0.25, 0.3) is 0 Å². The second-order valence-corrected chi connectivity index (χ2v) is 9.90. The smallest absolute Gasteiger partial charge is 0.227 e. The summed E-state index contributed by atoms with van der Waals surface area (Å²) >= 11 is 0. The van der Waals surface area contributed by atoms with Crippen molar-refractivity contribution in [2.45, 2.75) is 90.0 Å². The van der Waals surface area contributed by atoms with Crippen molar-refractivity contribution >= 4 is 22.6 Å². The molecule has 5 heteroatoms. The number of carbonyl (C=O) groups excluding carboxylic acids is 1. The molecule has 1 fully saturated rings. The molecular weight excluding hydrogens is 434 g/mol. The summed E-state index contributed by atoms with van der Waals surface area (Å²) in [4.78, 5) is 19.9. The van der Waals surface area contributed by atoms with Gasteiger partial charge in [-0.3, -0.25) is 4.79 Å². The van der Waals surface area contributed by atoms with Crippen LogP contribution in [0.15, 0.2) is 48.5 Å². The van der Waals surface area contributed by atoms with Gasteiger partial charge in [0, 0.05) is 37.2 Å². The summed E-state index contributed by atoms with van der Waals surface area (Å²) in [6.45, 7) is 3.90. The van der Waals surface area contributed by atoms with Gasteiger partial charge in [0.2, 0.25) is 5.91 Å². The van der Waals surface area contributed by atoms with Crippen LogP contribution in [0.2, 0.25) is 0 Å². The monoisotopic (exact) mass is 475 g/mol. The van der Waals surface area contributed by atoms with E-state index >= 15 is 0 Å². The number of aromatic nitrogens is 2. The standard InChI is InChI=1S/C30H41N3O2/c1-3-4-5-6-7-8-9-10-11-14-20-32-28-19-13-12-18-27(28)31-30(32)24-21-29(34)33(23-24)25-16-15-17-26(22-25)35-2/h12-13,15-19,22,24H,3-11,14,20-21,23H2,1-2H3. The molecule has 35 heavy (non-hydrogen) atoms. The lowest BCUT2D eigenvalue weighted by Gasteiger charge is -2.18. The van der Waals surface area contributed by atoms with Gasteiger partial charge < -0.3 is 14.2 Å². The van der Waals surface area contributed by atoms with Gasteiger partial charge in [-0.15, -0.1) is 0 Å². The third-order valence-corrected chi connectivity index (χ3v) is 7.27. The number of imidazole rings is 1. The number of anilines is 1. The Morgan fingerprint density at radius 2 is 1.63 bits per heavy atom. The zero-order valence-electron chi connectivity index (χ0n) is 21.5. The van der Waals surface area contributed by atoms with E-state index in [-0.39, 0.29) is 11.8 Å². The van der Waals surface area contributed by atoms with Crippen molar-refractivity contribution in [1.29, 1.82) is 0 Å². The first-order valence-corrected chi connectivity index (χ1v) is 13.6. The minimum atomic E-state index is 0.101. The highest BCUT2D eigenvalue weighted by Gasteiger charge is 2.34. The van der Waals surface area contributed by atoms with Crippen molar-refractivity contribution in [3.63, 3.8) is 0 Å². The molecular formula is C30H41N3O2. The number of fused-ring (bicyclic) bond motifs is 1. The lowest BCUT2D eigenvalue weighted by atomic mass is 10.1. The molecule has 1 aromatic heterocycles. The van der Waals surface area contributed by atoms with E-state index in [2.05, 4.69) is 29.7 Å². The number of carbonyl (C=O) groups is 1. The molecule has 1 saturated heterocycles. The van der Waals surface area contributed by atoms with Gasteiger partial charge in [-0.2, -0.15) is 0 Å². The lowest BCUT2D eigenvalue weighted by molar-refractivity contribution is -0.117. The quantitative estimate of drug-likeness (QED) is 0.227. The Kier molecular flexibility index (Phi) is 9.21. The van der Waals surface area contributed by atoms with Crippen molar-refractivity contribution in [2.24, 2.45) is 0 Å². The van der Waals surface area contributed by atoms with Crippen LogP contribution in [-0.2, 0) is 11.3 Å². The van der Waals surface area contributed by atoms with Crippen molar-refractivity contribution in [2.75, 3.05) is 18.6 Å². The fourth-order valence-electron chi connectivity index (χ4n) is 5.31. The number of hydrogen-bond donors (Lipinski definition) is 0. The normalized spacial score (nSPS) is 15.9. The van der Waals surface area contributed by atoms with E-state index in [0.717, 1.165) is 35.7 Å². The van der Waals surface area contributed by atoms with Gasteiger partial charge in [0.05, 0.1) is 18.1 Å². The second-order valence-electron chi connectivity index (χ2n) is 9.90. The highest BCUT2D eigenvalue weighted by molar-refractivity contribution is 5.96. The van der Waals surface area contributed by atoms with Gasteiger partial charge in [-0.1, -0.05) is 82.9 Å². The number of hydrogen-bond acceptors (Lipinski definition) is 3. The number of rotatable bonds is 14. The molecule has 0 N–H and O–H groups in total. The summed E-state index contributed by atoms with van der Waals surface area (Å²) in [7, 11) is 1.66. The van der Waals surface area contributed by atoms with E-state index in [1.165, 1.54) is 63.3 Å². The molecule has 1 aliphatic rings. The number of benzene rings is 2.